The minimum atomic E-state index is 0.274. The van der Waals surface area contributed by atoms with E-state index in [0.29, 0.717) is 16.7 Å². The van der Waals surface area contributed by atoms with E-state index in [2.05, 4.69) is 52.2 Å². The fourth-order valence-corrected chi connectivity index (χ4v) is 3.83. The van der Waals surface area contributed by atoms with Gasteiger partial charge in [-0.1, -0.05) is 45.4 Å². The Morgan fingerprint density at radius 2 is 1.85 bits per heavy atom. The summed E-state index contributed by atoms with van der Waals surface area (Å²) in [5, 5.41) is 0. The largest absolute Gasteiger partial charge is 0.496 e. The minimum Gasteiger partial charge on any atom is -0.496 e. The Balaban J connectivity index is 2.22. The van der Waals surface area contributed by atoms with E-state index in [1.54, 1.807) is 7.11 Å². The normalized spacial score (nSPS) is 21.6. The van der Waals surface area contributed by atoms with Crippen LogP contribution in [0.5, 0.6) is 5.75 Å². The third-order valence-electron chi connectivity index (χ3n) is 5.62. The second kappa shape index (κ2) is 5.05. The predicted octanol–water partition coefficient (Wildman–Crippen LogP) is 3.06. The quantitative estimate of drug-likeness (QED) is 0.642. The van der Waals surface area contributed by atoms with Crippen molar-refractivity contribution in [3.63, 3.8) is 0 Å². The van der Waals surface area contributed by atoms with Gasteiger partial charge in [-0.2, -0.15) is 0 Å². The van der Waals surface area contributed by atoms with Crippen molar-refractivity contribution >= 4 is 0 Å². The highest BCUT2D eigenvalue weighted by Crippen LogP contribution is 2.69. The van der Waals surface area contributed by atoms with Crippen LogP contribution in [-0.2, 0) is 6.42 Å². The molecular weight excluding hydrogens is 248 g/mol. The van der Waals surface area contributed by atoms with Gasteiger partial charge in [-0.15, -0.1) is 0 Å². The third kappa shape index (κ3) is 2.33. The molecule has 112 valence electrons. The summed E-state index contributed by atoms with van der Waals surface area (Å²) in [6.07, 6.45) is 0.902. The van der Waals surface area contributed by atoms with Crippen molar-refractivity contribution in [3.05, 3.63) is 29.3 Å². The van der Waals surface area contributed by atoms with Gasteiger partial charge < -0.3 is 4.74 Å². The summed E-state index contributed by atoms with van der Waals surface area (Å²) >= 11 is 0. The third-order valence-corrected chi connectivity index (χ3v) is 5.62. The van der Waals surface area contributed by atoms with E-state index < -0.39 is 0 Å². The first-order valence-corrected chi connectivity index (χ1v) is 7.35. The van der Waals surface area contributed by atoms with Crippen LogP contribution in [0.2, 0.25) is 0 Å². The van der Waals surface area contributed by atoms with Crippen molar-refractivity contribution in [2.45, 2.75) is 47.1 Å². The number of rotatable bonds is 5. The summed E-state index contributed by atoms with van der Waals surface area (Å²) in [5.74, 6) is 7.37. The summed E-state index contributed by atoms with van der Waals surface area (Å²) in [6, 6.07) is 6.60. The zero-order valence-electron chi connectivity index (χ0n) is 13.6. The van der Waals surface area contributed by atoms with E-state index >= 15 is 0 Å². The number of nitrogens with one attached hydrogen (secondary N) is 1. The van der Waals surface area contributed by atoms with Gasteiger partial charge in [0, 0.05) is 6.04 Å². The molecule has 20 heavy (non-hydrogen) atoms. The van der Waals surface area contributed by atoms with Crippen LogP contribution in [-0.4, -0.2) is 13.2 Å². The van der Waals surface area contributed by atoms with Crippen LogP contribution in [0.3, 0.4) is 0 Å². The summed E-state index contributed by atoms with van der Waals surface area (Å²) in [4.78, 5) is 0. The Kier molecular flexibility index (Phi) is 3.87. The van der Waals surface area contributed by atoms with E-state index in [0.717, 1.165) is 12.2 Å². The molecule has 1 saturated carbocycles. The van der Waals surface area contributed by atoms with Gasteiger partial charge >= 0.3 is 0 Å². The topological polar surface area (TPSA) is 47.3 Å². The lowest BCUT2D eigenvalue weighted by atomic mass is 9.96. The summed E-state index contributed by atoms with van der Waals surface area (Å²) in [6.45, 7) is 11.4. The highest BCUT2D eigenvalue weighted by Gasteiger charge is 2.66. The summed E-state index contributed by atoms with van der Waals surface area (Å²) in [5.41, 5.74) is 6.17. The minimum absolute atomic E-state index is 0.274. The van der Waals surface area contributed by atoms with Crippen LogP contribution in [0.4, 0.5) is 0 Å². The lowest BCUT2D eigenvalue weighted by Gasteiger charge is -2.20. The first-order valence-electron chi connectivity index (χ1n) is 7.35. The molecular formula is C17H28N2O. The van der Waals surface area contributed by atoms with Gasteiger partial charge in [-0.25, -0.2) is 0 Å². The van der Waals surface area contributed by atoms with Crippen LogP contribution in [0, 0.1) is 23.7 Å². The second-order valence-electron chi connectivity index (χ2n) is 7.21. The van der Waals surface area contributed by atoms with Crippen molar-refractivity contribution in [1.29, 1.82) is 0 Å². The van der Waals surface area contributed by atoms with Crippen LogP contribution in [0.1, 0.15) is 38.8 Å². The van der Waals surface area contributed by atoms with E-state index in [1.807, 2.05) is 6.07 Å². The number of hydrazine groups is 1. The molecule has 0 amide bonds. The van der Waals surface area contributed by atoms with Crippen molar-refractivity contribution in [2.24, 2.45) is 22.6 Å². The van der Waals surface area contributed by atoms with E-state index in [-0.39, 0.29) is 6.04 Å². The molecule has 1 aromatic carbocycles. The average Bonchev–Trinajstić information content (AvgIpc) is 2.77. The Labute approximate surface area is 122 Å². The van der Waals surface area contributed by atoms with Gasteiger partial charge in [0.15, 0.2) is 0 Å². The van der Waals surface area contributed by atoms with Crippen LogP contribution in [0.25, 0.3) is 0 Å². The first kappa shape index (κ1) is 15.3. The van der Waals surface area contributed by atoms with E-state index in [9.17, 15) is 0 Å². The van der Waals surface area contributed by atoms with Gasteiger partial charge in [0.2, 0.25) is 0 Å². The Hall–Kier alpha value is -1.06. The average molecular weight is 276 g/mol. The highest BCUT2D eigenvalue weighted by molar-refractivity contribution is 5.38. The maximum atomic E-state index is 5.84. The molecule has 0 spiro atoms. The fourth-order valence-electron chi connectivity index (χ4n) is 3.83. The fraction of sp³-hybridized carbons (Fsp3) is 0.647. The first-order chi connectivity index (χ1) is 9.25. The lowest BCUT2D eigenvalue weighted by Crippen LogP contribution is -2.40. The molecule has 0 bridgehead atoms. The van der Waals surface area contributed by atoms with Crippen molar-refractivity contribution in [2.75, 3.05) is 7.11 Å². The summed E-state index contributed by atoms with van der Waals surface area (Å²) < 4.78 is 5.48. The molecule has 2 rings (SSSR count). The van der Waals surface area contributed by atoms with Gasteiger partial charge in [-0.3, -0.25) is 11.3 Å². The van der Waals surface area contributed by atoms with Gasteiger partial charge in [0.1, 0.15) is 5.75 Å². The van der Waals surface area contributed by atoms with Crippen molar-refractivity contribution in [1.82, 2.24) is 5.43 Å². The monoisotopic (exact) mass is 276 g/mol. The maximum absolute atomic E-state index is 5.84. The van der Waals surface area contributed by atoms with Gasteiger partial charge in [0.25, 0.3) is 0 Å². The predicted molar refractivity (Wildman–Crippen MR) is 83.6 cm³/mol. The van der Waals surface area contributed by atoms with Crippen LogP contribution >= 0.6 is 0 Å². The summed E-state index contributed by atoms with van der Waals surface area (Å²) in [7, 11) is 1.73. The molecule has 0 saturated heterocycles. The second-order valence-corrected chi connectivity index (χ2v) is 7.21. The highest BCUT2D eigenvalue weighted by atomic mass is 16.5. The van der Waals surface area contributed by atoms with Crippen LogP contribution < -0.4 is 16.0 Å². The molecule has 1 aromatic rings. The number of methoxy groups -OCH3 is 1. The Bertz CT molecular complexity index is 480. The van der Waals surface area contributed by atoms with E-state index in [4.69, 9.17) is 10.6 Å². The number of hydrogen-bond acceptors (Lipinski definition) is 3. The van der Waals surface area contributed by atoms with Crippen molar-refractivity contribution in [3.8, 4) is 5.75 Å². The number of benzene rings is 1. The molecule has 0 radical (unpaired) electrons. The number of nitrogens with two attached hydrogens (primary N) is 1. The maximum Gasteiger partial charge on any atom is 0.122 e. The van der Waals surface area contributed by atoms with Gasteiger partial charge in [-0.05, 0) is 41.7 Å². The molecule has 1 atom stereocenters. The molecule has 3 N–H and O–H groups in total. The molecule has 3 nitrogen and oxygen atoms in total. The number of hydrogen-bond donors (Lipinski definition) is 2. The SMILES string of the molecule is COc1ccc(C)cc1CC(NN)C1C(C)(C)C1(C)C. The molecule has 0 heterocycles. The molecule has 1 unspecified atom stereocenters. The van der Waals surface area contributed by atoms with Crippen LogP contribution in [0.15, 0.2) is 18.2 Å². The zero-order valence-corrected chi connectivity index (χ0v) is 13.6. The number of ether oxygens (including phenoxy) is 1. The molecule has 0 aromatic heterocycles. The molecule has 0 aliphatic heterocycles. The molecule has 1 aliphatic rings. The molecule has 3 heteroatoms. The standard InChI is InChI=1S/C17H28N2O/c1-11-7-8-14(20-6)12(9-11)10-13(19-18)15-16(2,3)17(15,4)5/h7-9,13,15,19H,10,18H2,1-6H3. The molecule has 1 fully saturated rings. The molecule has 1 aliphatic carbocycles. The lowest BCUT2D eigenvalue weighted by molar-refractivity contribution is 0.381. The Morgan fingerprint density at radius 3 is 2.30 bits per heavy atom. The van der Waals surface area contributed by atoms with Gasteiger partial charge in [0.05, 0.1) is 7.11 Å². The van der Waals surface area contributed by atoms with Crippen molar-refractivity contribution < 1.29 is 4.74 Å². The zero-order chi connectivity index (χ0) is 15.1. The Morgan fingerprint density at radius 1 is 1.25 bits per heavy atom. The smallest absolute Gasteiger partial charge is 0.122 e. The van der Waals surface area contributed by atoms with E-state index in [1.165, 1.54) is 11.1 Å². The number of aryl methyl sites for hydroxylation is 1.